The molecular weight excluding hydrogens is 294 g/mol. The molecule has 2 aromatic carbocycles. The van der Waals surface area contributed by atoms with Crippen LogP contribution in [-0.2, 0) is 12.8 Å². The van der Waals surface area contributed by atoms with E-state index in [1.165, 1.54) is 24.0 Å². The van der Waals surface area contributed by atoms with Crippen molar-refractivity contribution in [3.8, 4) is 0 Å². The monoisotopic (exact) mass is 319 g/mol. The zero-order valence-corrected chi connectivity index (χ0v) is 14.1. The summed E-state index contributed by atoms with van der Waals surface area (Å²) < 4.78 is 0. The van der Waals surface area contributed by atoms with Crippen molar-refractivity contribution in [3.05, 3.63) is 82.9 Å². The molecule has 2 aromatic rings. The van der Waals surface area contributed by atoms with E-state index in [1.807, 2.05) is 24.3 Å². The zero-order valence-electron chi connectivity index (χ0n) is 14.1. The number of carbonyl (C=O) groups is 1. The Kier molecular flexibility index (Phi) is 5.84. The van der Waals surface area contributed by atoms with E-state index in [-0.39, 0.29) is 5.91 Å². The van der Waals surface area contributed by atoms with Crippen LogP contribution in [0.15, 0.2) is 66.2 Å². The highest BCUT2D eigenvalue weighted by molar-refractivity contribution is 5.95. The van der Waals surface area contributed by atoms with Gasteiger partial charge in [0, 0.05) is 12.1 Å². The number of rotatable bonds is 6. The molecule has 124 valence electrons. The van der Waals surface area contributed by atoms with E-state index in [2.05, 4.69) is 41.7 Å². The van der Waals surface area contributed by atoms with Crippen molar-refractivity contribution in [1.82, 2.24) is 5.32 Å². The average Bonchev–Trinajstić information content (AvgIpc) is 2.66. The lowest BCUT2D eigenvalue weighted by molar-refractivity contribution is 0.0955. The first-order valence-corrected chi connectivity index (χ1v) is 8.91. The van der Waals surface area contributed by atoms with E-state index in [0.717, 1.165) is 36.8 Å². The number of carbonyl (C=O) groups excluding carboxylic acids is 1. The molecule has 1 aliphatic rings. The van der Waals surface area contributed by atoms with Crippen LogP contribution in [0.3, 0.4) is 0 Å². The lowest BCUT2D eigenvalue weighted by Gasteiger charge is -2.14. The lowest BCUT2D eigenvalue weighted by Crippen LogP contribution is -2.27. The summed E-state index contributed by atoms with van der Waals surface area (Å²) in [5, 5.41) is 3.10. The minimum absolute atomic E-state index is 0.0464. The Labute approximate surface area is 144 Å². The molecule has 0 heterocycles. The van der Waals surface area contributed by atoms with Crippen LogP contribution in [0.4, 0.5) is 0 Å². The van der Waals surface area contributed by atoms with Gasteiger partial charge in [-0.2, -0.15) is 0 Å². The predicted molar refractivity (Wildman–Crippen MR) is 99.2 cm³/mol. The first kappa shape index (κ1) is 16.5. The van der Waals surface area contributed by atoms with Crippen molar-refractivity contribution in [2.75, 3.05) is 6.54 Å². The number of amides is 1. The van der Waals surface area contributed by atoms with Gasteiger partial charge < -0.3 is 5.32 Å². The molecule has 0 unspecified atom stereocenters. The molecule has 1 aliphatic carbocycles. The molecular formula is C22H25NO. The second-order valence-electron chi connectivity index (χ2n) is 6.43. The highest BCUT2D eigenvalue weighted by atomic mass is 16.1. The zero-order chi connectivity index (χ0) is 16.6. The average molecular weight is 319 g/mol. The van der Waals surface area contributed by atoms with Crippen LogP contribution in [0, 0.1) is 0 Å². The summed E-state index contributed by atoms with van der Waals surface area (Å²) in [6, 6.07) is 18.4. The quantitative estimate of drug-likeness (QED) is 0.768. The van der Waals surface area contributed by atoms with Gasteiger partial charge in [-0.05, 0) is 55.7 Å². The Morgan fingerprint density at radius 3 is 2.50 bits per heavy atom. The molecule has 2 heteroatoms. The van der Waals surface area contributed by atoms with Gasteiger partial charge >= 0.3 is 0 Å². The molecule has 0 saturated heterocycles. The van der Waals surface area contributed by atoms with Crippen molar-refractivity contribution >= 4 is 5.91 Å². The molecule has 1 amide bonds. The maximum Gasteiger partial charge on any atom is 0.251 e. The number of aryl methyl sites for hydroxylation is 2. The molecule has 3 rings (SSSR count). The summed E-state index contributed by atoms with van der Waals surface area (Å²) in [4.78, 5) is 12.6. The molecule has 0 aliphatic heterocycles. The fourth-order valence-electron chi connectivity index (χ4n) is 3.24. The van der Waals surface area contributed by atoms with Crippen molar-refractivity contribution in [3.63, 3.8) is 0 Å². The fourth-order valence-corrected chi connectivity index (χ4v) is 3.24. The Morgan fingerprint density at radius 2 is 1.71 bits per heavy atom. The number of benzene rings is 2. The first-order chi connectivity index (χ1) is 11.8. The van der Waals surface area contributed by atoms with E-state index in [4.69, 9.17) is 0 Å². The smallest absolute Gasteiger partial charge is 0.251 e. The molecule has 24 heavy (non-hydrogen) atoms. The molecule has 0 fully saturated rings. The van der Waals surface area contributed by atoms with E-state index < -0.39 is 0 Å². The minimum atomic E-state index is 0.0464. The van der Waals surface area contributed by atoms with Gasteiger partial charge in [-0.1, -0.05) is 60.2 Å². The van der Waals surface area contributed by atoms with Crippen molar-refractivity contribution in [1.29, 1.82) is 0 Å². The Balaban J connectivity index is 1.62. The van der Waals surface area contributed by atoms with Gasteiger partial charge in [-0.25, -0.2) is 0 Å². The summed E-state index contributed by atoms with van der Waals surface area (Å²) in [6.07, 6.45) is 8.92. The molecule has 1 N–H and O–H groups in total. The van der Waals surface area contributed by atoms with E-state index >= 15 is 0 Å². The Hall–Kier alpha value is -2.35. The minimum Gasteiger partial charge on any atom is -0.348 e. The van der Waals surface area contributed by atoms with Crippen LogP contribution in [-0.4, -0.2) is 12.5 Å². The predicted octanol–water partition coefficient (Wildman–Crippen LogP) is 4.70. The Morgan fingerprint density at radius 1 is 0.917 bits per heavy atom. The van der Waals surface area contributed by atoms with Crippen LogP contribution in [0.25, 0.3) is 0 Å². The van der Waals surface area contributed by atoms with Gasteiger partial charge in [-0.15, -0.1) is 0 Å². The molecule has 0 bridgehead atoms. The second kappa shape index (κ2) is 8.49. The first-order valence-electron chi connectivity index (χ1n) is 8.91. The van der Waals surface area contributed by atoms with Crippen molar-refractivity contribution < 1.29 is 4.79 Å². The summed E-state index contributed by atoms with van der Waals surface area (Å²) >= 11 is 0. The third kappa shape index (κ3) is 4.58. The lowest BCUT2D eigenvalue weighted by atomic mass is 9.98. The number of nitrogens with one attached hydrogen (secondary N) is 1. The van der Waals surface area contributed by atoms with Crippen LogP contribution in [0.1, 0.15) is 47.2 Å². The maximum atomic E-state index is 12.6. The van der Waals surface area contributed by atoms with E-state index in [0.29, 0.717) is 6.54 Å². The molecule has 2 nitrogen and oxygen atoms in total. The third-order valence-electron chi connectivity index (χ3n) is 4.65. The molecule has 0 atom stereocenters. The second-order valence-corrected chi connectivity index (χ2v) is 6.43. The largest absolute Gasteiger partial charge is 0.348 e. The standard InChI is InChI=1S/C22H25NO/c24-22(23-17-19-11-5-2-6-12-19)21-14-8-7-13-20(21)16-15-18-9-3-1-4-10-18/h1,3-4,7-11,13-14H,2,5-6,12,15-17H2,(H,23,24). The summed E-state index contributed by atoms with van der Waals surface area (Å²) in [6.45, 7) is 0.686. The maximum absolute atomic E-state index is 12.6. The highest BCUT2D eigenvalue weighted by Gasteiger charge is 2.12. The van der Waals surface area contributed by atoms with Crippen LogP contribution >= 0.6 is 0 Å². The van der Waals surface area contributed by atoms with Crippen LogP contribution in [0.5, 0.6) is 0 Å². The normalized spacial score (nSPS) is 14.1. The SMILES string of the molecule is O=C(NCC1=CCCCC1)c1ccccc1CCc1ccccc1. The molecule has 0 saturated carbocycles. The third-order valence-corrected chi connectivity index (χ3v) is 4.65. The van der Waals surface area contributed by atoms with E-state index in [1.54, 1.807) is 0 Å². The van der Waals surface area contributed by atoms with Crippen LogP contribution < -0.4 is 5.32 Å². The van der Waals surface area contributed by atoms with Gasteiger partial charge in [0.25, 0.3) is 5.91 Å². The molecule has 0 radical (unpaired) electrons. The van der Waals surface area contributed by atoms with Gasteiger partial charge in [-0.3, -0.25) is 4.79 Å². The highest BCUT2D eigenvalue weighted by Crippen LogP contribution is 2.17. The van der Waals surface area contributed by atoms with Gasteiger partial charge in [0.1, 0.15) is 0 Å². The number of allylic oxidation sites excluding steroid dienone is 1. The molecule has 0 spiro atoms. The van der Waals surface area contributed by atoms with Crippen molar-refractivity contribution in [2.45, 2.75) is 38.5 Å². The van der Waals surface area contributed by atoms with Gasteiger partial charge in [0.15, 0.2) is 0 Å². The summed E-state index contributed by atoms with van der Waals surface area (Å²) in [5.74, 6) is 0.0464. The number of hydrogen-bond donors (Lipinski definition) is 1. The Bertz CT molecular complexity index is 703. The van der Waals surface area contributed by atoms with Crippen LogP contribution in [0.2, 0.25) is 0 Å². The van der Waals surface area contributed by atoms with Gasteiger partial charge in [0.05, 0.1) is 0 Å². The molecule has 0 aromatic heterocycles. The summed E-state index contributed by atoms with van der Waals surface area (Å²) in [7, 11) is 0. The summed E-state index contributed by atoms with van der Waals surface area (Å²) in [5.41, 5.74) is 4.61. The van der Waals surface area contributed by atoms with E-state index in [9.17, 15) is 4.79 Å². The fraction of sp³-hybridized carbons (Fsp3) is 0.318. The van der Waals surface area contributed by atoms with Crippen molar-refractivity contribution in [2.24, 2.45) is 0 Å². The van der Waals surface area contributed by atoms with Gasteiger partial charge in [0.2, 0.25) is 0 Å². The topological polar surface area (TPSA) is 29.1 Å². The number of hydrogen-bond acceptors (Lipinski definition) is 1.